The number of hydrogen-bond donors (Lipinski definition) is 1. The number of fused-ring (bicyclic) bond motifs is 2. The fourth-order valence-corrected chi connectivity index (χ4v) is 3.48. The largest absolute Gasteiger partial charge is 0.365 e. The normalized spacial score (nSPS) is 11.5. The lowest BCUT2D eigenvalue weighted by molar-refractivity contribution is 0.802. The van der Waals surface area contributed by atoms with E-state index in [9.17, 15) is 0 Å². The number of benzene rings is 1. The van der Waals surface area contributed by atoms with Crippen LogP contribution in [0.4, 0.5) is 0 Å². The number of aromatic nitrogens is 6. The highest BCUT2D eigenvalue weighted by atomic mass is 15.4. The topological polar surface area (TPSA) is 71.8 Å². The minimum absolute atomic E-state index is 0.671. The summed E-state index contributed by atoms with van der Waals surface area (Å²) in [6.45, 7) is 4.15. The molecule has 1 aromatic carbocycles. The van der Waals surface area contributed by atoms with Crippen molar-refractivity contribution in [2.75, 3.05) is 0 Å². The van der Waals surface area contributed by atoms with E-state index >= 15 is 0 Å². The molecule has 5 rings (SSSR count). The molecule has 6 heteroatoms. The van der Waals surface area contributed by atoms with Gasteiger partial charge in [0.2, 0.25) is 0 Å². The average Bonchev–Trinajstić information content (AvgIpc) is 3.33. The maximum Gasteiger partial charge on any atom is 0.177 e. The van der Waals surface area contributed by atoms with E-state index in [1.165, 1.54) is 0 Å². The van der Waals surface area contributed by atoms with Gasteiger partial charge in [-0.2, -0.15) is 9.61 Å². The predicted molar refractivity (Wildman–Crippen MR) is 109 cm³/mol. The van der Waals surface area contributed by atoms with Crippen LogP contribution in [0.15, 0.2) is 54.9 Å². The zero-order chi connectivity index (χ0) is 19.1. The molecule has 138 valence electrons. The maximum absolute atomic E-state index is 4.64. The number of nitrogens with zero attached hydrogens (tertiary/aromatic N) is 5. The van der Waals surface area contributed by atoms with Gasteiger partial charge in [-0.05, 0) is 55.3 Å². The maximum atomic E-state index is 4.64. The summed E-state index contributed by atoms with van der Waals surface area (Å²) < 4.78 is 1.85. The van der Waals surface area contributed by atoms with Crippen LogP contribution >= 0.6 is 0 Å². The van der Waals surface area contributed by atoms with Crippen molar-refractivity contribution in [3.05, 3.63) is 77.6 Å². The second-order valence-electron chi connectivity index (χ2n) is 7.06. The molecular formula is C22H20N6. The summed E-state index contributed by atoms with van der Waals surface area (Å²) in [5.74, 6) is 0.843. The first kappa shape index (κ1) is 16.6. The Labute approximate surface area is 162 Å². The molecule has 0 atom stereocenters. The van der Waals surface area contributed by atoms with E-state index in [0.717, 1.165) is 56.9 Å². The van der Waals surface area contributed by atoms with E-state index in [-0.39, 0.29) is 0 Å². The summed E-state index contributed by atoms with van der Waals surface area (Å²) in [4.78, 5) is 7.85. The van der Waals surface area contributed by atoms with E-state index in [0.29, 0.717) is 6.42 Å². The average molecular weight is 368 g/mol. The first-order chi connectivity index (χ1) is 13.7. The van der Waals surface area contributed by atoms with E-state index in [2.05, 4.69) is 69.4 Å². The quantitative estimate of drug-likeness (QED) is 0.518. The molecule has 0 aliphatic carbocycles. The van der Waals surface area contributed by atoms with Crippen LogP contribution < -0.4 is 0 Å². The van der Waals surface area contributed by atoms with Crippen LogP contribution in [0, 0.1) is 6.92 Å². The summed E-state index contributed by atoms with van der Waals surface area (Å²) in [5, 5.41) is 14.3. The van der Waals surface area contributed by atoms with Gasteiger partial charge in [0.15, 0.2) is 11.5 Å². The molecule has 0 aliphatic heterocycles. The van der Waals surface area contributed by atoms with Gasteiger partial charge >= 0.3 is 0 Å². The second-order valence-corrected chi connectivity index (χ2v) is 7.06. The van der Waals surface area contributed by atoms with Crippen LogP contribution in [-0.4, -0.2) is 29.8 Å². The third-order valence-electron chi connectivity index (χ3n) is 5.01. The molecule has 28 heavy (non-hydrogen) atoms. The lowest BCUT2D eigenvalue weighted by Crippen LogP contribution is -2.02. The second kappa shape index (κ2) is 6.56. The van der Waals surface area contributed by atoms with Gasteiger partial charge in [-0.15, -0.1) is 10.2 Å². The van der Waals surface area contributed by atoms with Crippen LogP contribution in [0.25, 0.3) is 27.7 Å². The highest BCUT2D eigenvalue weighted by molar-refractivity contribution is 5.84. The smallest absolute Gasteiger partial charge is 0.177 e. The Morgan fingerprint density at radius 2 is 1.93 bits per heavy atom. The van der Waals surface area contributed by atoms with E-state index in [1.807, 2.05) is 29.0 Å². The Morgan fingerprint density at radius 1 is 1.00 bits per heavy atom. The zero-order valence-corrected chi connectivity index (χ0v) is 15.8. The lowest BCUT2D eigenvalue weighted by Gasteiger charge is -2.05. The van der Waals surface area contributed by atoms with Gasteiger partial charge in [-0.25, -0.2) is 0 Å². The fourth-order valence-electron chi connectivity index (χ4n) is 3.48. The van der Waals surface area contributed by atoms with Crippen LogP contribution in [-0.2, 0) is 12.8 Å². The zero-order valence-electron chi connectivity index (χ0n) is 15.8. The first-order valence-corrected chi connectivity index (χ1v) is 9.44. The van der Waals surface area contributed by atoms with Gasteiger partial charge in [0.25, 0.3) is 0 Å². The summed E-state index contributed by atoms with van der Waals surface area (Å²) in [6, 6.07) is 14.6. The van der Waals surface area contributed by atoms with Crippen LogP contribution in [0.2, 0.25) is 0 Å². The summed E-state index contributed by atoms with van der Waals surface area (Å²) in [6.07, 6.45) is 5.50. The van der Waals surface area contributed by atoms with Crippen molar-refractivity contribution in [3.63, 3.8) is 0 Å². The van der Waals surface area contributed by atoms with Crippen molar-refractivity contribution in [2.24, 2.45) is 0 Å². The van der Waals surface area contributed by atoms with Crippen LogP contribution in [0.1, 0.15) is 29.7 Å². The van der Waals surface area contributed by atoms with Crippen molar-refractivity contribution in [2.45, 2.75) is 26.7 Å². The van der Waals surface area contributed by atoms with Gasteiger partial charge in [-0.1, -0.05) is 13.0 Å². The van der Waals surface area contributed by atoms with E-state index < -0.39 is 0 Å². The summed E-state index contributed by atoms with van der Waals surface area (Å²) in [5.41, 5.74) is 7.35. The first-order valence-electron chi connectivity index (χ1n) is 9.44. The molecule has 0 amide bonds. The van der Waals surface area contributed by atoms with Gasteiger partial charge in [0, 0.05) is 41.0 Å². The van der Waals surface area contributed by atoms with Crippen molar-refractivity contribution in [3.8, 4) is 11.1 Å². The molecule has 6 nitrogen and oxygen atoms in total. The molecule has 0 bridgehead atoms. The minimum atomic E-state index is 0.671. The Bertz CT molecular complexity index is 1300. The van der Waals surface area contributed by atoms with Gasteiger partial charge in [0.05, 0.1) is 11.2 Å². The molecule has 5 aromatic rings. The number of hydrogen-bond acceptors (Lipinski definition) is 4. The number of H-pyrrole nitrogens is 1. The number of aromatic amines is 1. The van der Waals surface area contributed by atoms with Crippen molar-refractivity contribution >= 4 is 16.6 Å². The van der Waals surface area contributed by atoms with Crippen molar-refractivity contribution in [1.82, 2.24) is 29.8 Å². The molecule has 4 aromatic heterocycles. The molecule has 4 heterocycles. The summed E-state index contributed by atoms with van der Waals surface area (Å²) in [7, 11) is 0. The molecule has 0 unspecified atom stereocenters. The Balaban J connectivity index is 1.52. The lowest BCUT2D eigenvalue weighted by atomic mass is 10.0. The SMILES string of the molecule is CCc1ccc2nnc(Cc3ccc4ncc(-c5c[nH]c(C)c5)cc4c3)n2n1. The molecule has 0 radical (unpaired) electrons. The highest BCUT2D eigenvalue weighted by Gasteiger charge is 2.10. The standard InChI is InChI=1S/C22H20N6/c1-3-19-5-7-21-25-26-22(28(21)27-19)10-15-4-6-20-16(9-15)11-18(13-24-20)17-8-14(2)23-12-17/h4-9,11-13,23H,3,10H2,1-2H3. The van der Waals surface area contributed by atoms with Crippen LogP contribution in [0.5, 0.6) is 0 Å². The van der Waals surface area contributed by atoms with Gasteiger partial charge in [0.1, 0.15) is 0 Å². The van der Waals surface area contributed by atoms with Crippen LogP contribution in [0.3, 0.4) is 0 Å². The Morgan fingerprint density at radius 3 is 2.75 bits per heavy atom. The van der Waals surface area contributed by atoms with Crippen molar-refractivity contribution in [1.29, 1.82) is 0 Å². The monoisotopic (exact) mass is 368 g/mol. The molecule has 1 N–H and O–H groups in total. The molecule has 0 saturated carbocycles. The highest BCUT2D eigenvalue weighted by Crippen LogP contribution is 2.24. The number of pyridine rings is 1. The summed E-state index contributed by atoms with van der Waals surface area (Å²) >= 11 is 0. The fraction of sp³-hybridized carbons (Fsp3) is 0.182. The van der Waals surface area contributed by atoms with Gasteiger partial charge in [-0.3, -0.25) is 4.98 Å². The molecule has 0 saturated heterocycles. The minimum Gasteiger partial charge on any atom is -0.365 e. The Kier molecular flexibility index (Phi) is 3.90. The Hall–Kier alpha value is -3.54. The molecular weight excluding hydrogens is 348 g/mol. The number of nitrogens with one attached hydrogen (secondary N) is 1. The molecule has 0 spiro atoms. The van der Waals surface area contributed by atoms with Gasteiger partial charge < -0.3 is 4.98 Å². The molecule has 0 fully saturated rings. The molecule has 0 aliphatic rings. The number of rotatable bonds is 4. The van der Waals surface area contributed by atoms with Crippen molar-refractivity contribution < 1.29 is 0 Å². The predicted octanol–water partition coefficient (Wildman–Crippen LogP) is 4.13. The number of aryl methyl sites for hydroxylation is 2. The van der Waals surface area contributed by atoms with E-state index in [4.69, 9.17) is 0 Å². The third kappa shape index (κ3) is 2.93. The third-order valence-corrected chi connectivity index (χ3v) is 5.01. The van der Waals surface area contributed by atoms with E-state index in [1.54, 1.807) is 0 Å².